The summed E-state index contributed by atoms with van der Waals surface area (Å²) in [5, 5.41) is 17.4. The molecule has 0 saturated carbocycles. The number of hydrogen-bond acceptors (Lipinski definition) is 7. The molecule has 222 valence electrons. The van der Waals surface area contributed by atoms with Gasteiger partial charge in [0.2, 0.25) is 0 Å². The second-order valence-corrected chi connectivity index (χ2v) is 11.8. The number of rotatable bonds is 9. The molecule has 3 aliphatic rings. The van der Waals surface area contributed by atoms with E-state index in [1.165, 1.54) is 0 Å². The van der Waals surface area contributed by atoms with Gasteiger partial charge in [-0.1, -0.05) is 42.5 Å². The number of aliphatic hydroxyl groups is 1. The molecule has 42 heavy (non-hydrogen) atoms. The molecular formula is C31H36FN5O5. The Hall–Kier alpha value is -3.83. The minimum absolute atomic E-state index is 0.0160. The van der Waals surface area contributed by atoms with Gasteiger partial charge in [-0.05, 0) is 44.0 Å². The van der Waals surface area contributed by atoms with Crippen LogP contribution < -0.4 is 9.80 Å². The lowest BCUT2D eigenvalue weighted by molar-refractivity contribution is -0.146. The van der Waals surface area contributed by atoms with Crippen LogP contribution in [0, 0.1) is 11.8 Å². The number of anilines is 2. The quantitative estimate of drug-likeness (QED) is 0.409. The number of ether oxygens (including phenoxy) is 2. The molecule has 2 saturated heterocycles. The highest BCUT2D eigenvalue weighted by Crippen LogP contribution is 2.58. The summed E-state index contributed by atoms with van der Waals surface area (Å²) < 4.78 is 29.4. The van der Waals surface area contributed by atoms with E-state index in [1.807, 2.05) is 55.5 Å². The van der Waals surface area contributed by atoms with Gasteiger partial charge >= 0.3 is 6.09 Å². The maximum atomic E-state index is 15.9. The number of carbonyl (C=O) groups excluding carboxylic acids is 2. The smallest absolute Gasteiger partial charge is 0.414 e. The summed E-state index contributed by atoms with van der Waals surface area (Å²) >= 11 is 0. The van der Waals surface area contributed by atoms with Crippen molar-refractivity contribution in [2.75, 3.05) is 29.6 Å². The maximum Gasteiger partial charge on any atom is 0.414 e. The number of aliphatic hydroxyl groups excluding tert-OH is 1. The summed E-state index contributed by atoms with van der Waals surface area (Å²) in [6, 6.07) is 15.1. The van der Waals surface area contributed by atoms with Crippen molar-refractivity contribution in [2.24, 2.45) is 11.8 Å². The summed E-state index contributed by atoms with van der Waals surface area (Å²) in [5.74, 6) is -1.19. The molecule has 4 atom stereocenters. The molecule has 1 aromatic heterocycles. The van der Waals surface area contributed by atoms with Crippen molar-refractivity contribution in [1.82, 2.24) is 15.0 Å². The van der Waals surface area contributed by atoms with Crippen LogP contribution in [0.2, 0.25) is 0 Å². The number of benzene rings is 2. The van der Waals surface area contributed by atoms with Gasteiger partial charge in [-0.15, -0.1) is 5.10 Å². The Morgan fingerprint density at radius 1 is 1.14 bits per heavy atom. The summed E-state index contributed by atoms with van der Waals surface area (Å²) in [6.45, 7) is 6.62. The summed E-state index contributed by atoms with van der Waals surface area (Å²) in [5.41, 5.74) is 0.892. The Balaban J connectivity index is 1.28. The topological polar surface area (TPSA) is 110 Å². The molecule has 11 heteroatoms. The molecule has 3 aliphatic heterocycles. The lowest BCUT2D eigenvalue weighted by Gasteiger charge is -2.32. The third-order valence-corrected chi connectivity index (χ3v) is 8.81. The van der Waals surface area contributed by atoms with Crippen LogP contribution >= 0.6 is 0 Å². The second kappa shape index (κ2) is 10.8. The van der Waals surface area contributed by atoms with Gasteiger partial charge in [0.25, 0.3) is 5.91 Å². The van der Waals surface area contributed by atoms with Gasteiger partial charge in [-0.3, -0.25) is 14.4 Å². The number of amides is 2. The van der Waals surface area contributed by atoms with E-state index < -0.39 is 29.2 Å². The van der Waals surface area contributed by atoms with Crippen molar-refractivity contribution < 1.29 is 28.6 Å². The first-order valence-corrected chi connectivity index (χ1v) is 14.4. The van der Waals surface area contributed by atoms with Crippen LogP contribution in [0.4, 0.5) is 20.6 Å². The van der Waals surface area contributed by atoms with Crippen LogP contribution in [0.5, 0.6) is 0 Å². The van der Waals surface area contributed by atoms with E-state index in [-0.39, 0.29) is 18.6 Å². The van der Waals surface area contributed by atoms with E-state index in [9.17, 15) is 14.7 Å². The number of halogens is 1. The first-order chi connectivity index (χ1) is 20.1. The van der Waals surface area contributed by atoms with Crippen LogP contribution in [-0.4, -0.2) is 63.6 Å². The lowest BCUT2D eigenvalue weighted by atomic mass is 9.71. The van der Waals surface area contributed by atoms with E-state index in [2.05, 4.69) is 10.3 Å². The minimum Gasteiger partial charge on any atom is -0.447 e. The van der Waals surface area contributed by atoms with Gasteiger partial charge in [-0.25, -0.2) is 9.18 Å². The van der Waals surface area contributed by atoms with E-state index >= 15 is 4.39 Å². The molecule has 4 heterocycles. The summed E-state index contributed by atoms with van der Waals surface area (Å²) in [6.07, 6.45) is 1.73. The molecule has 1 spiro atoms. The number of para-hydroxylation sites is 1. The zero-order valence-electron chi connectivity index (χ0n) is 24.1. The predicted octanol–water partition coefficient (Wildman–Crippen LogP) is 4.00. The van der Waals surface area contributed by atoms with Crippen LogP contribution in [-0.2, 0) is 39.4 Å². The van der Waals surface area contributed by atoms with Crippen LogP contribution in [0.1, 0.15) is 44.0 Å². The number of fused-ring (bicyclic) bond motifs is 2. The molecule has 2 amide bonds. The number of alkyl halides is 1. The molecule has 2 fully saturated rings. The fourth-order valence-corrected chi connectivity index (χ4v) is 6.96. The predicted molar refractivity (Wildman–Crippen MR) is 153 cm³/mol. The average molecular weight is 578 g/mol. The molecule has 1 N–H and O–H groups in total. The number of aryl methyl sites for hydroxylation is 1. The zero-order chi connectivity index (χ0) is 29.6. The molecule has 10 nitrogen and oxygen atoms in total. The third kappa shape index (κ3) is 4.74. The fraction of sp³-hybridized carbons (Fsp3) is 0.484. The van der Waals surface area contributed by atoms with Gasteiger partial charge in [0, 0.05) is 48.9 Å². The fourth-order valence-electron chi connectivity index (χ4n) is 6.96. The number of nitrogens with zero attached hydrogens (tertiary/aromatic N) is 5. The van der Waals surface area contributed by atoms with Crippen molar-refractivity contribution in [1.29, 1.82) is 0 Å². The minimum atomic E-state index is -1.60. The Labute approximate surface area is 244 Å². The van der Waals surface area contributed by atoms with Crippen LogP contribution in [0.25, 0.3) is 0 Å². The molecule has 0 unspecified atom stereocenters. The van der Waals surface area contributed by atoms with E-state index in [1.54, 1.807) is 34.5 Å². The number of carbonyl (C=O) groups is 2. The molecule has 3 aromatic rings. The Kier molecular flexibility index (Phi) is 7.26. The maximum absolute atomic E-state index is 15.9. The number of cyclic esters (lactones) is 1. The Bertz CT molecular complexity index is 1470. The Morgan fingerprint density at radius 2 is 1.90 bits per heavy atom. The van der Waals surface area contributed by atoms with Crippen LogP contribution in [0.15, 0.2) is 54.7 Å². The third-order valence-electron chi connectivity index (χ3n) is 8.81. The van der Waals surface area contributed by atoms with Gasteiger partial charge in [-0.2, -0.15) is 0 Å². The normalized spacial score (nSPS) is 25.5. The summed E-state index contributed by atoms with van der Waals surface area (Å²) in [7, 11) is 0. The number of hydrogen-bond donors (Lipinski definition) is 1. The van der Waals surface area contributed by atoms with Gasteiger partial charge in [0.15, 0.2) is 5.60 Å². The molecule has 0 bridgehead atoms. The van der Waals surface area contributed by atoms with Crippen molar-refractivity contribution >= 4 is 23.4 Å². The van der Waals surface area contributed by atoms with Crippen LogP contribution in [0.3, 0.4) is 0 Å². The second-order valence-electron chi connectivity index (χ2n) is 11.8. The van der Waals surface area contributed by atoms with Crippen molar-refractivity contribution in [3.63, 3.8) is 0 Å². The first-order valence-electron chi connectivity index (χ1n) is 14.4. The van der Waals surface area contributed by atoms with E-state index in [0.29, 0.717) is 44.8 Å². The highest BCUT2D eigenvalue weighted by atomic mass is 19.1. The van der Waals surface area contributed by atoms with Gasteiger partial charge < -0.3 is 19.5 Å². The highest BCUT2D eigenvalue weighted by Gasteiger charge is 2.66. The van der Waals surface area contributed by atoms with E-state index in [4.69, 9.17) is 9.47 Å². The first kappa shape index (κ1) is 28.3. The highest BCUT2D eigenvalue weighted by molar-refractivity contribution is 6.07. The lowest BCUT2D eigenvalue weighted by Crippen LogP contribution is -2.45. The largest absolute Gasteiger partial charge is 0.447 e. The monoisotopic (exact) mass is 577 g/mol. The standard InChI is InChI=1S/C31H36FN5O5/c1-20-27(30(2,3)32)26(12-14-35-19-22(13-16-38)33-34-35)42-31(20)24-6-4-5-7-25(24)37(28(31)39)18-21-8-10-23(11-9-21)36-15-17-41-29(36)40/h4-11,19-20,26-27,38H,12-18H2,1-3H3/t20-,26+,27-,31+/m1/s1. The van der Waals surface area contributed by atoms with Crippen molar-refractivity contribution in [3.8, 4) is 0 Å². The average Bonchev–Trinajstić information content (AvgIpc) is 3.72. The van der Waals surface area contributed by atoms with E-state index in [0.717, 1.165) is 22.5 Å². The number of aromatic nitrogens is 3. The summed E-state index contributed by atoms with van der Waals surface area (Å²) in [4.78, 5) is 29.7. The molecule has 0 radical (unpaired) electrons. The zero-order valence-corrected chi connectivity index (χ0v) is 24.1. The molecule has 6 rings (SSSR count). The van der Waals surface area contributed by atoms with Crippen molar-refractivity contribution in [2.45, 2.75) is 64.1 Å². The van der Waals surface area contributed by atoms with Crippen molar-refractivity contribution in [3.05, 3.63) is 71.5 Å². The molecule has 2 aromatic carbocycles. The van der Waals surface area contributed by atoms with Gasteiger partial charge in [0.1, 0.15) is 12.3 Å². The molecule has 0 aliphatic carbocycles. The van der Waals surface area contributed by atoms with Gasteiger partial charge in [0.05, 0.1) is 30.6 Å². The molecular weight excluding hydrogens is 541 g/mol. The SMILES string of the molecule is C[C@@H]1[C@@H](C(C)(C)F)[C@H](CCn2cc(CCO)nn2)O[C@@]12C(=O)N(Cc1ccc(N3CCOC3=O)cc1)c1ccccc12. The Morgan fingerprint density at radius 3 is 2.60 bits per heavy atom.